The van der Waals surface area contributed by atoms with E-state index < -0.39 is 11.5 Å². The summed E-state index contributed by atoms with van der Waals surface area (Å²) in [5.74, 6) is 1.27. The lowest BCUT2D eigenvalue weighted by atomic mass is 9.72. The summed E-state index contributed by atoms with van der Waals surface area (Å²) in [6.45, 7) is 5.94. The fourth-order valence-corrected chi connectivity index (χ4v) is 3.98. The maximum absolute atomic E-state index is 12.1. The first-order valence-corrected chi connectivity index (χ1v) is 9.32. The Bertz CT molecular complexity index is 672. The van der Waals surface area contributed by atoms with Gasteiger partial charge >= 0.3 is 6.09 Å². The van der Waals surface area contributed by atoms with Crippen LogP contribution in [0.5, 0.6) is 11.5 Å². The van der Waals surface area contributed by atoms with Gasteiger partial charge in [-0.3, -0.25) is 0 Å². The second-order valence-corrected chi connectivity index (χ2v) is 7.60. The number of ether oxygens (including phenoxy) is 4. The summed E-state index contributed by atoms with van der Waals surface area (Å²) in [7, 11) is 2.99. The van der Waals surface area contributed by atoms with Crippen molar-refractivity contribution in [1.82, 2.24) is 4.90 Å². The first kappa shape index (κ1) is 19.8. The summed E-state index contributed by atoms with van der Waals surface area (Å²) >= 11 is 0. The van der Waals surface area contributed by atoms with Gasteiger partial charge in [-0.15, -0.1) is 0 Å². The van der Waals surface area contributed by atoms with Gasteiger partial charge in [-0.05, 0) is 24.6 Å². The number of aliphatic hydroxyl groups excluding tert-OH is 1. The summed E-state index contributed by atoms with van der Waals surface area (Å²) in [4.78, 5) is 13.7. The molecule has 0 aromatic heterocycles. The molecule has 2 heterocycles. The van der Waals surface area contributed by atoms with E-state index in [2.05, 4.69) is 0 Å². The minimum Gasteiger partial charge on any atom is -0.493 e. The van der Waals surface area contributed by atoms with Gasteiger partial charge < -0.3 is 29.0 Å². The zero-order chi connectivity index (χ0) is 19.6. The van der Waals surface area contributed by atoms with E-state index in [1.165, 1.54) is 7.11 Å². The molecular formula is C20H29NO6. The SMILES string of the molecule is COC(=O)N1CC(c2ccc(OC)c(O[C@H]3CCOC3)c2)[C@](C)([C@H](C)O)C1. The smallest absolute Gasteiger partial charge is 0.409 e. The van der Waals surface area contributed by atoms with Gasteiger partial charge in [-0.1, -0.05) is 13.0 Å². The van der Waals surface area contributed by atoms with Crippen LogP contribution in [0.1, 0.15) is 31.7 Å². The van der Waals surface area contributed by atoms with Crippen LogP contribution in [0.4, 0.5) is 4.79 Å². The van der Waals surface area contributed by atoms with Gasteiger partial charge in [0, 0.05) is 30.8 Å². The Morgan fingerprint density at radius 3 is 2.74 bits per heavy atom. The largest absolute Gasteiger partial charge is 0.493 e. The maximum Gasteiger partial charge on any atom is 0.409 e. The highest BCUT2D eigenvalue weighted by Crippen LogP contribution is 2.47. The third-order valence-electron chi connectivity index (χ3n) is 5.89. The lowest BCUT2D eigenvalue weighted by molar-refractivity contribution is 0.0470. The molecule has 1 N–H and O–H groups in total. The van der Waals surface area contributed by atoms with Crippen LogP contribution >= 0.6 is 0 Å². The molecule has 4 atom stereocenters. The van der Waals surface area contributed by atoms with Crippen LogP contribution in [-0.4, -0.2) is 68.8 Å². The predicted molar refractivity (Wildman–Crippen MR) is 99.4 cm³/mol. The number of hydrogen-bond acceptors (Lipinski definition) is 6. The Hall–Kier alpha value is -1.99. The molecule has 1 amide bonds. The molecule has 0 bridgehead atoms. The quantitative estimate of drug-likeness (QED) is 0.847. The Labute approximate surface area is 160 Å². The lowest BCUT2D eigenvalue weighted by Crippen LogP contribution is -2.38. The van der Waals surface area contributed by atoms with E-state index in [0.717, 1.165) is 12.0 Å². The number of methoxy groups -OCH3 is 2. The van der Waals surface area contributed by atoms with E-state index in [1.54, 1.807) is 18.9 Å². The minimum atomic E-state index is -0.591. The van der Waals surface area contributed by atoms with Crippen molar-refractivity contribution in [2.24, 2.45) is 5.41 Å². The fraction of sp³-hybridized carbons (Fsp3) is 0.650. The van der Waals surface area contributed by atoms with E-state index in [4.69, 9.17) is 18.9 Å². The number of carbonyl (C=O) groups excluding carboxylic acids is 1. The highest BCUT2D eigenvalue weighted by atomic mass is 16.6. The van der Waals surface area contributed by atoms with Crippen molar-refractivity contribution in [2.75, 3.05) is 40.5 Å². The molecule has 2 fully saturated rings. The first-order chi connectivity index (χ1) is 12.9. The fourth-order valence-electron chi connectivity index (χ4n) is 3.98. The van der Waals surface area contributed by atoms with Crippen molar-refractivity contribution in [3.63, 3.8) is 0 Å². The van der Waals surface area contributed by atoms with Gasteiger partial charge in [0.1, 0.15) is 6.10 Å². The number of amides is 1. The van der Waals surface area contributed by atoms with Crippen LogP contribution in [0.25, 0.3) is 0 Å². The molecule has 2 aliphatic rings. The standard InChI is InChI=1S/C20H29NO6/c1-13(22)20(2)12-21(19(23)25-4)10-16(20)14-5-6-17(24-3)18(9-14)27-15-7-8-26-11-15/h5-6,9,13,15-16,22H,7-8,10-12H2,1-4H3/t13-,15-,16?,20-/m0/s1. The van der Waals surface area contributed by atoms with Gasteiger partial charge in [0.05, 0.1) is 33.5 Å². The molecule has 2 aliphatic heterocycles. The maximum atomic E-state index is 12.1. The monoisotopic (exact) mass is 379 g/mol. The summed E-state index contributed by atoms with van der Waals surface area (Å²) in [5, 5.41) is 10.5. The van der Waals surface area contributed by atoms with Crippen molar-refractivity contribution in [2.45, 2.75) is 38.4 Å². The van der Waals surface area contributed by atoms with E-state index >= 15 is 0 Å². The zero-order valence-corrected chi connectivity index (χ0v) is 16.4. The number of aliphatic hydroxyl groups is 1. The average molecular weight is 379 g/mol. The van der Waals surface area contributed by atoms with E-state index in [9.17, 15) is 9.90 Å². The highest BCUT2D eigenvalue weighted by Gasteiger charge is 2.48. The molecule has 27 heavy (non-hydrogen) atoms. The number of benzene rings is 1. The number of nitrogens with zero attached hydrogens (tertiary/aromatic N) is 1. The topological polar surface area (TPSA) is 77.5 Å². The summed E-state index contributed by atoms with van der Waals surface area (Å²) in [5.41, 5.74) is 0.510. The highest BCUT2D eigenvalue weighted by molar-refractivity contribution is 5.68. The van der Waals surface area contributed by atoms with Crippen LogP contribution < -0.4 is 9.47 Å². The lowest BCUT2D eigenvalue weighted by Gasteiger charge is -2.33. The molecule has 1 aromatic rings. The van der Waals surface area contributed by atoms with Crippen LogP contribution in [0.2, 0.25) is 0 Å². The zero-order valence-electron chi connectivity index (χ0n) is 16.4. The molecule has 1 unspecified atom stereocenters. The number of likely N-dealkylation sites (tertiary alicyclic amines) is 1. The van der Waals surface area contributed by atoms with Crippen molar-refractivity contribution in [3.05, 3.63) is 23.8 Å². The van der Waals surface area contributed by atoms with Crippen LogP contribution in [0.3, 0.4) is 0 Å². The Morgan fingerprint density at radius 1 is 1.37 bits per heavy atom. The van der Waals surface area contributed by atoms with E-state index in [0.29, 0.717) is 37.8 Å². The average Bonchev–Trinajstić information content (AvgIpc) is 3.29. The first-order valence-electron chi connectivity index (χ1n) is 9.32. The van der Waals surface area contributed by atoms with E-state index in [-0.39, 0.29) is 18.1 Å². The van der Waals surface area contributed by atoms with Gasteiger partial charge in [0.15, 0.2) is 11.5 Å². The van der Waals surface area contributed by atoms with Crippen molar-refractivity contribution in [1.29, 1.82) is 0 Å². The third kappa shape index (κ3) is 3.84. The van der Waals surface area contributed by atoms with Crippen molar-refractivity contribution < 1.29 is 28.8 Å². The van der Waals surface area contributed by atoms with Gasteiger partial charge in [0.2, 0.25) is 0 Å². The molecule has 0 aliphatic carbocycles. The van der Waals surface area contributed by atoms with Crippen LogP contribution in [0.15, 0.2) is 18.2 Å². The Morgan fingerprint density at radius 2 is 2.15 bits per heavy atom. The normalized spacial score (nSPS) is 28.9. The molecule has 0 saturated carbocycles. The number of hydrogen-bond donors (Lipinski definition) is 1. The summed E-state index contributed by atoms with van der Waals surface area (Å²) in [6, 6.07) is 5.82. The Balaban J connectivity index is 1.91. The molecule has 1 aromatic carbocycles. The third-order valence-corrected chi connectivity index (χ3v) is 5.89. The number of carbonyl (C=O) groups is 1. The molecular weight excluding hydrogens is 350 g/mol. The van der Waals surface area contributed by atoms with Crippen molar-refractivity contribution in [3.8, 4) is 11.5 Å². The van der Waals surface area contributed by atoms with Crippen LogP contribution in [-0.2, 0) is 9.47 Å². The molecule has 7 nitrogen and oxygen atoms in total. The molecule has 0 spiro atoms. The van der Waals surface area contributed by atoms with Gasteiger partial charge in [-0.2, -0.15) is 0 Å². The molecule has 0 radical (unpaired) electrons. The number of rotatable bonds is 5. The predicted octanol–water partition coefficient (Wildman–Crippen LogP) is 2.42. The summed E-state index contributed by atoms with van der Waals surface area (Å²) in [6.07, 6.45) is -0.116. The van der Waals surface area contributed by atoms with Gasteiger partial charge in [-0.25, -0.2) is 4.79 Å². The van der Waals surface area contributed by atoms with Crippen molar-refractivity contribution >= 4 is 6.09 Å². The van der Waals surface area contributed by atoms with Crippen LogP contribution in [0, 0.1) is 5.41 Å². The van der Waals surface area contributed by atoms with E-state index in [1.807, 2.05) is 25.1 Å². The molecule has 150 valence electrons. The van der Waals surface area contributed by atoms with Gasteiger partial charge in [0.25, 0.3) is 0 Å². The second-order valence-electron chi connectivity index (χ2n) is 7.60. The minimum absolute atomic E-state index is 0.00689. The molecule has 7 heteroatoms. The summed E-state index contributed by atoms with van der Waals surface area (Å²) < 4.78 is 21.8. The second kappa shape index (κ2) is 7.94. The molecule has 3 rings (SSSR count). The molecule has 2 saturated heterocycles. The Kier molecular flexibility index (Phi) is 5.81.